The van der Waals surface area contributed by atoms with E-state index in [4.69, 9.17) is 4.74 Å². The molecule has 0 spiro atoms. The van der Waals surface area contributed by atoms with E-state index in [-0.39, 0.29) is 12.0 Å². The van der Waals surface area contributed by atoms with Crippen LogP contribution in [0.25, 0.3) is 0 Å². The van der Waals surface area contributed by atoms with Gasteiger partial charge in [0, 0.05) is 12.6 Å². The Morgan fingerprint density at radius 1 is 1.00 bits per heavy atom. The second-order valence-corrected chi connectivity index (χ2v) is 6.10. The number of piperidine rings is 1. The quantitative estimate of drug-likeness (QED) is 0.617. The Bertz CT molecular complexity index is 612. The van der Waals surface area contributed by atoms with Crippen LogP contribution in [0.1, 0.15) is 31.2 Å². The molecular weight excluding hydrogens is 286 g/mol. The van der Waals surface area contributed by atoms with Crippen molar-refractivity contribution in [2.24, 2.45) is 0 Å². The summed E-state index contributed by atoms with van der Waals surface area (Å²) in [6.07, 6.45) is 3.92. The van der Waals surface area contributed by atoms with E-state index in [1.807, 2.05) is 36.4 Å². The number of likely N-dealkylation sites (tertiary alicyclic amines) is 1. The molecule has 0 saturated carbocycles. The lowest BCUT2D eigenvalue weighted by Crippen LogP contribution is -2.40. The molecule has 1 heterocycles. The van der Waals surface area contributed by atoms with Gasteiger partial charge in [0.25, 0.3) is 0 Å². The van der Waals surface area contributed by atoms with Crippen molar-refractivity contribution in [2.75, 3.05) is 6.54 Å². The minimum absolute atomic E-state index is 0.138. The number of nitrogens with zero attached hydrogens (tertiary/aromatic N) is 1. The fourth-order valence-electron chi connectivity index (χ4n) is 3.17. The third-order valence-electron chi connectivity index (χ3n) is 4.35. The van der Waals surface area contributed by atoms with Crippen LogP contribution < -0.4 is 4.74 Å². The Balaban J connectivity index is 1.59. The number of benzene rings is 2. The Labute approximate surface area is 137 Å². The van der Waals surface area contributed by atoms with Crippen molar-refractivity contribution in [3.63, 3.8) is 0 Å². The lowest BCUT2D eigenvalue weighted by Gasteiger charge is -2.35. The summed E-state index contributed by atoms with van der Waals surface area (Å²) in [6, 6.07) is 20.1. The SMILES string of the molecule is O=C(CC1CCCCN1Cc1ccccc1)Oc1ccccc1. The van der Waals surface area contributed by atoms with Gasteiger partial charge in [0.2, 0.25) is 0 Å². The number of hydrogen-bond acceptors (Lipinski definition) is 3. The zero-order chi connectivity index (χ0) is 15.9. The fourth-order valence-corrected chi connectivity index (χ4v) is 3.17. The first-order valence-electron chi connectivity index (χ1n) is 8.35. The third kappa shape index (κ3) is 4.67. The van der Waals surface area contributed by atoms with Crippen molar-refractivity contribution in [3.05, 3.63) is 66.2 Å². The summed E-state index contributed by atoms with van der Waals surface area (Å²) < 4.78 is 5.45. The van der Waals surface area contributed by atoms with Crippen LogP contribution in [-0.4, -0.2) is 23.5 Å². The van der Waals surface area contributed by atoms with E-state index in [1.54, 1.807) is 0 Å². The number of esters is 1. The lowest BCUT2D eigenvalue weighted by molar-refractivity contribution is -0.136. The van der Waals surface area contributed by atoms with Gasteiger partial charge < -0.3 is 4.74 Å². The van der Waals surface area contributed by atoms with E-state index in [9.17, 15) is 4.79 Å². The number of rotatable bonds is 5. The Kier molecular flexibility index (Phi) is 5.43. The first kappa shape index (κ1) is 15.8. The molecule has 0 aliphatic carbocycles. The fraction of sp³-hybridized carbons (Fsp3) is 0.350. The van der Waals surface area contributed by atoms with Gasteiger partial charge in [0.05, 0.1) is 6.42 Å². The molecular formula is C20H23NO2. The van der Waals surface area contributed by atoms with E-state index in [0.29, 0.717) is 12.2 Å². The summed E-state index contributed by atoms with van der Waals surface area (Å²) in [4.78, 5) is 14.7. The van der Waals surface area contributed by atoms with Crippen LogP contribution >= 0.6 is 0 Å². The monoisotopic (exact) mass is 309 g/mol. The predicted molar refractivity (Wildman–Crippen MR) is 91.2 cm³/mol. The molecule has 0 radical (unpaired) electrons. The van der Waals surface area contributed by atoms with Gasteiger partial charge in [0.15, 0.2) is 0 Å². The van der Waals surface area contributed by atoms with Crippen molar-refractivity contribution in [3.8, 4) is 5.75 Å². The van der Waals surface area contributed by atoms with Crippen LogP contribution in [0.2, 0.25) is 0 Å². The number of ether oxygens (including phenoxy) is 1. The highest BCUT2D eigenvalue weighted by Gasteiger charge is 2.25. The van der Waals surface area contributed by atoms with Crippen LogP contribution in [-0.2, 0) is 11.3 Å². The van der Waals surface area contributed by atoms with Crippen molar-refractivity contribution >= 4 is 5.97 Å². The first-order chi connectivity index (χ1) is 11.3. The highest BCUT2D eigenvalue weighted by atomic mass is 16.5. The van der Waals surface area contributed by atoms with E-state index >= 15 is 0 Å². The van der Waals surface area contributed by atoms with Crippen LogP contribution in [0.5, 0.6) is 5.75 Å². The molecule has 0 amide bonds. The van der Waals surface area contributed by atoms with Gasteiger partial charge in [-0.3, -0.25) is 9.69 Å². The van der Waals surface area contributed by atoms with Gasteiger partial charge in [-0.15, -0.1) is 0 Å². The molecule has 2 aromatic carbocycles. The Hall–Kier alpha value is -2.13. The largest absolute Gasteiger partial charge is 0.426 e. The van der Waals surface area contributed by atoms with Crippen molar-refractivity contribution in [1.29, 1.82) is 0 Å². The number of para-hydroxylation sites is 1. The molecule has 1 atom stereocenters. The third-order valence-corrected chi connectivity index (χ3v) is 4.35. The normalized spacial score (nSPS) is 18.5. The van der Waals surface area contributed by atoms with Gasteiger partial charge in [-0.05, 0) is 37.1 Å². The molecule has 1 aliphatic rings. The molecule has 3 rings (SSSR count). The molecule has 1 aliphatic heterocycles. The summed E-state index contributed by atoms with van der Waals surface area (Å²) in [5, 5.41) is 0. The zero-order valence-electron chi connectivity index (χ0n) is 13.4. The average Bonchev–Trinajstić information content (AvgIpc) is 2.58. The summed E-state index contributed by atoms with van der Waals surface area (Å²) in [5.74, 6) is 0.490. The second-order valence-electron chi connectivity index (χ2n) is 6.10. The number of hydrogen-bond donors (Lipinski definition) is 0. The van der Waals surface area contributed by atoms with Crippen molar-refractivity contribution < 1.29 is 9.53 Å². The smallest absolute Gasteiger partial charge is 0.312 e. The molecule has 3 heteroatoms. The van der Waals surface area contributed by atoms with Gasteiger partial charge in [0.1, 0.15) is 5.75 Å². The lowest BCUT2D eigenvalue weighted by atomic mass is 9.98. The number of carbonyl (C=O) groups is 1. The summed E-state index contributed by atoms with van der Waals surface area (Å²) in [5.41, 5.74) is 1.30. The molecule has 1 unspecified atom stereocenters. The predicted octanol–water partition coefficient (Wildman–Crippen LogP) is 4.04. The summed E-state index contributed by atoms with van der Waals surface area (Å²) >= 11 is 0. The highest BCUT2D eigenvalue weighted by Crippen LogP contribution is 2.23. The molecule has 2 aromatic rings. The maximum Gasteiger partial charge on any atom is 0.312 e. The molecule has 120 valence electrons. The van der Waals surface area contributed by atoms with Gasteiger partial charge in [-0.1, -0.05) is 55.0 Å². The molecule has 1 saturated heterocycles. The second kappa shape index (κ2) is 7.93. The summed E-state index contributed by atoms with van der Waals surface area (Å²) in [6.45, 7) is 1.96. The summed E-state index contributed by atoms with van der Waals surface area (Å²) in [7, 11) is 0. The zero-order valence-corrected chi connectivity index (χ0v) is 13.4. The molecule has 0 bridgehead atoms. The Morgan fingerprint density at radius 3 is 2.43 bits per heavy atom. The molecule has 3 nitrogen and oxygen atoms in total. The molecule has 1 fully saturated rings. The first-order valence-corrected chi connectivity index (χ1v) is 8.35. The maximum absolute atomic E-state index is 12.2. The van der Waals surface area contributed by atoms with Crippen LogP contribution in [0, 0.1) is 0 Å². The minimum Gasteiger partial charge on any atom is -0.426 e. The van der Waals surface area contributed by atoms with E-state index in [2.05, 4.69) is 29.2 Å². The van der Waals surface area contributed by atoms with Gasteiger partial charge >= 0.3 is 5.97 Å². The van der Waals surface area contributed by atoms with Crippen LogP contribution in [0.3, 0.4) is 0 Å². The van der Waals surface area contributed by atoms with E-state index < -0.39 is 0 Å². The van der Waals surface area contributed by atoms with Crippen LogP contribution in [0.4, 0.5) is 0 Å². The number of carbonyl (C=O) groups excluding carboxylic acids is 1. The van der Waals surface area contributed by atoms with Crippen molar-refractivity contribution in [1.82, 2.24) is 4.90 Å². The van der Waals surface area contributed by atoms with Crippen LogP contribution in [0.15, 0.2) is 60.7 Å². The molecule has 23 heavy (non-hydrogen) atoms. The molecule has 0 N–H and O–H groups in total. The molecule has 0 aromatic heterocycles. The minimum atomic E-state index is -0.138. The van der Waals surface area contributed by atoms with E-state index in [1.165, 1.54) is 18.4 Å². The van der Waals surface area contributed by atoms with E-state index in [0.717, 1.165) is 19.5 Å². The highest BCUT2D eigenvalue weighted by molar-refractivity contribution is 5.73. The van der Waals surface area contributed by atoms with Gasteiger partial charge in [-0.2, -0.15) is 0 Å². The average molecular weight is 309 g/mol. The van der Waals surface area contributed by atoms with Gasteiger partial charge in [-0.25, -0.2) is 0 Å². The van der Waals surface area contributed by atoms with Crippen molar-refractivity contribution in [2.45, 2.75) is 38.3 Å². The Morgan fingerprint density at radius 2 is 1.70 bits per heavy atom. The maximum atomic E-state index is 12.2. The standard InChI is InChI=1S/C20H23NO2/c22-20(23-19-12-5-2-6-13-19)15-18-11-7-8-14-21(18)16-17-9-3-1-4-10-17/h1-6,9-10,12-13,18H,7-8,11,14-16H2. The topological polar surface area (TPSA) is 29.5 Å².